The third kappa shape index (κ3) is 6.07. The molecule has 1 saturated carbocycles. The molecule has 23 heavy (non-hydrogen) atoms. The van der Waals surface area contributed by atoms with Gasteiger partial charge in [0.2, 0.25) is 0 Å². The minimum atomic E-state index is 0.548. The van der Waals surface area contributed by atoms with Gasteiger partial charge in [-0.3, -0.25) is 4.99 Å². The highest BCUT2D eigenvalue weighted by Crippen LogP contribution is 2.27. The van der Waals surface area contributed by atoms with Gasteiger partial charge in [0.05, 0.1) is 6.61 Å². The standard InChI is InChI=1S/C18H29N3OS/c1-4-22-13-15-7-5-14(6-8-15)12-20-18(19-2)21-16-9-10-17(11-16)23-3/h5-8,16-17H,4,9-13H2,1-3H3,(H2,19,20,21). The fourth-order valence-corrected chi connectivity index (χ4v) is 3.63. The Balaban J connectivity index is 1.77. The van der Waals surface area contributed by atoms with E-state index in [-0.39, 0.29) is 0 Å². The first-order chi connectivity index (χ1) is 11.2. The van der Waals surface area contributed by atoms with Crippen molar-refractivity contribution in [3.8, 4) is 0 Å². The largest absolute Gasteiger partial charge is 0.377 e. The minimum Gasteiger partial charge on any atom is -0.377 e. The zero-order valence-electron chi connectivity index (χ0n) is 14.5. The van der Waals surface area contributed by atoms with Gasteiger partial charge in [0.25, 0.3) is 0 Å². The minimum absolute atomic E-state index is 0.548. The molecule has 1 aliphatic carbocycles. The average molecular weight is 336 g/mol. The van der Waals surface area contributed by atoms with Crippen LogP contribution in [0.2, 0.25) is 0 Å². The molecule has 0 saturated heterocycles. The van der Waals surface area contributed by atoms with E-state index in [1.807, 2.05) is 25.7 Å². The molecule has 2 atom stereocenters. The summed E-state index contributed by atoms with van der Waals surface area (Å²) in [4.78, 5) is 4.34. The Morgan fingerprint density at radius 3 is 2.61 bits per heavy atom. The van der Waals surface area contributed by atoms with Crippen LogP contribution in [0.15, 0.2) is 29.3 Å². The Morgan fingerprint density at radius 2 is 2.00 bits per heavy atom. The molecule has 1 aliphatic rings. The Kier molecular flexibility index (Phi) is 7.76. The molecule has 1 aromatic carbocycles. The molecule has 2 rings (SSSR count). The van der Waals surface area contributed by atoms with E-state index in [0.29, 0.717) is 12.6 Å². The summed E-state index contributed by atoms with van der Waals surface area (Å²) in [6.45, 7) is 4.24. The Labute approximate surface area is 144 Å². The zero-order chi connectivity index (χ0) is 16.5. The molecule has 0 heterocycles. The van der Waals surface area contributed by atoms with Crippen molar-refractivity contribution in [1.29, 1.82) is 0 Å². The van der Waals surface area contributed by atoms with E-state index >= 15 is 0 Å². The molecule has 0 aromatic heterocycles. The molecular formula is C18H29N3OS. The smallest absolute Gasteiger partial charge is 0.191 e. The molecule has 0 radical (unpaired) electrons. The topological polar surface area (TPSA) is 45.6 Å². The number of hydrogen-bond donors (Lipinski definition) is 2. The Bertz CT molecular complexity index is 490. The van der Waals surface area contributed by atoms with Crippen molar-refractivity contribution in [1.82, 2.24) is 10.6 Å². The molecule has 0 amide bonds. The lowest BCUT2D eigenvalue weighted by Crippen LogP contribution is -2.42. The van der Waals surface area contributed by atoms with E-state index in [4.69, 9.17) is 4.74 Å². The zero-order valence-corrected chi connectivity index (χ0v) is 15.3. The number of rotatable bonds is 7. The SMILES string of the molecule is CCOCc1ccc(CNC(=NC)NC2CCC(SC)C2)cc1. The molecule has 1 fully saturated rings. The van der Waals surface area contributed by atoms with Crippen molar-refractivity contribution in [2.75, 3.05) is 19.9 Å². The molecular weight excluding hydrogens is 306 g/mol. The summed E-state index contributed by atoms with van der Waals surface area (Å²) in [6, 6.07) is 9.10. The van der Waals surface area contributed by atoms with Gasteiger partial charge >= 0.3 is 0 Å². The summed E-state index contributed by atoms with van der Waals surface area (Å²) < 4.78 is 5.42. The van der Waals surface area contributed by atoms with Gasteiger partial charge in [-0.1, -0.05) is 24.3 Å². The lowest BCUT2D eigenvalue weighted by Gasteiger charge is -2.17. The van der Waals surface area contributed by atoms with Crippen molar-refractivity contribution in [3.05, 3.63) is 35.4 Å². The molecule has 4 nitrogen and oxygen atoms in total. The van der Waals surface area contributed by atoms with Gasteiger partial charge in [-0.2, -0.15) is 11.8 Å². The van der Waals surface area contributed by atoms with E-state index in [1.54, 1.807) is 0 Å². The van der Waals surface area contributed by atoms with Gasteiger partial charge in [-0.15, -0.1) is 0 Å². The number of nitrogens with zero attached hydrogens (tertiary/aromatic N) is 1. The van der Waals surface area contributed by atoms with Gasteiger partial charge in [-0.25, -0.2) is 0 Å². The summed E-state index contributed by atoms with van der Waals surface area (Å²) in [5, 5.41) is 7.75. The third-order valence-electron chi connectivity index (χ3n) is 4.24. The van der Waals surface area contributed by atoms with Crippen molar-refractivity contribution < 1.29 is 4.74 Å². The van der Waals surface area contributed by atoms with Crippen molar-refractivity contribution in [2.24, 2.45) is 4.99 Å². The molecule has 2 N–H and O–H groups in total. The molecule has 0 spiro atoms. The number of thioether (sulfide) groups is 1. The van der Waals surface area contributed by atoms with Crippen LogP contribution < -0.4 is 10.6 Å². The van der Waals surface area contributed by atoms with Crippen LogP contribution in [0.25, 0.3) is 0 Å². The number of aliphatic imine (C=N–C) groups is 1. The lowest BCUT2D eigenvalue weighted by molar-refractivity contribution is 0.134. The maximum absolute atomic E-state index is 5.42. The summed E-state index contributed by atoms with van der Waals surface area (Å²) in [6.07, 6.45) is 5.97. The number of nitrogens with one attached hydrogen (secondary N) is 2. The summed E-state index contributed by atoms with van der Waals surface area (Å²) in [5.41, 5.74) is 2.47. The average Bonchev–Trinajstić information content (AvgIpc) is 3.05. The summed E-state index contributed by atoms with van der Waals surface area (Å²) in [7, 11) is 1.83. The molecule has 0 aliphatic heterocycles. The van der Waals surface area contributed by atoms with Gasteiger partial charge in [-0.05, 0) is 43.6 Å². The molecule has 128 valence electrons. The van der Waals surface area contributed by atoms with Crippen molar-refractivity contribution in [2.45, 2.75) is 50.6 Å². The highest BCUT2D eigenvalue weighted by molar-refractivity contribution is 7.99. The predicted octanol–water partition coefficient (Wildman–Crippen LogP) is 3.17. The second-order valence-corrected chi connectivity index (χ2v) is 7.03. The van der Waals surface area contributed by atoms with Crippen LogP contribution in [0.3, 0.4) is 0 Å². The van der Waals surface area contributed by atoms with E-state index in [2.05, 4.69) is 46.1 Å². The third-order valence-corrected chi connectivity index (χ3v) is 5.33. The monoisotopic (exact) mass is 335 g/mol. The van der Waals surface area contributed by atoms with Crippen LogP contribution >= 0.6 is 11.8 Å². The second kappa shape index (κ2) is 9.83. The van der Waals surface area contributed by atoms with E-state index in [1.165, 1.54) is 30.4 Å². The number of guanidine groups is 1. The first-order valence-electron chi connectivity index (χ1n) is 8.40. The molecule has 0 bridgehead atoms. The molecule has 2 unspecified atom stereocenters. The maximum atomic E-state index is 5.42. The fraction of sp³-hybridized carbons (Fsp3) is 0.611. The number of benzene rings is 1. The highest BCUT2D eigenvalue weighted by atomic mass is 32.2. The van der Waals surface area contributed by atoms with Gasteiger partial charge < -0.3 is 15.4 Å². The number of ether oxygens (including phenoxy) is 1. The predicted molar refractivity (Wildman–Crippen MR) is 100 cm³/mol. The quantitative estimate of drug-likeness (QED) is 0.593. The number of hydrogen-bond acceptors (Lipinski definition) is 3. The van der Waals surface area contributed by atoms with Gasteiger partial charge in [0, 0.05) is 31.5 Å². The van der Waals surface area contributed by atoms with Crippen molar-refractivity contribution in [3.63, 3.8) is 0 Å². The van der Waals surface area contributed by atoms with Crippen LogP contribution in [0, 0.1) is 0 Å². The van der Waals surface area contributed by atoms with Gasteiger partial charge in [0.1, 0.15) is 0 Å². The highest BCUT2D eigenvalue weighted by Gasteiger charge is 2.24. The molecule has 1 aromatic rings. The van der Waals surface area contributed by atoms with Crippen LogP contribution in [0.5, 0.6) is 0 Å². The second-order valence-electron chi connectivity index (χ2n) is 5.89. The lowest BCUT2D eigenvalue weighted by atomic mass is 10.1. The van der Waals surface area contributed by atoms with Crippen LogP contribution in [-0.4, -0.2) is 37.2 Å². The van der Waals surface area contributed by atoms with E-state index in [0.717, 1.165) is 24.4 Å². The van der Waals surface area contributed by atoms with Crippen LogP contribution in [-0.2, 0) is 17.9 Å². The summed E-state index contributed by atoms with van der Waals surface area (Å²) >= 11 is 1.98. The normalized spacial score (nSPS) is 21.4. The van der Waals surface area contributed by atoms with Gasteiger partial charge in [0.15, 0.2) is 5.96 Å². The maximum Gasteiger partial charge on any atom is 0.191 e. The van der Waals surface area contributed by atoms with Crippen LogP contribution in [0.1, 0.15) is 37.3 Å². The first kappa shape index (κ1) is 18.1. The first-order valence-corrected chi connectivity index (χ1v) is 9.69. The Hall–Kier alpha value is -1.20. The summed E-state index contributed by atoms with van der Waals surface area (Å²) in [5.74, 6) is 0.898. The van der Waals surface area contributed by atoms with E-state index < -0.39 is 0 Å². The van der Waals surface area contributed by atoms with Crippen LogP contribution in [0.4, 0.5) is 0 Å². The van der Waals surface area contributed by atoms with E-state index in [9.17, 15) is 0 Å². The molecule has 5 heteroatoms. The fourth-order valence-electron chi connectivity index (χ4n) is 2.83. The Morgan fingerprint density at radius 1 is 1.26 bits per heavy atom. The van der Waals surface area contributed by atoms with Crippen molar-refractivity contribution >= 4 is 17.7 Å².